The Morgan fingerprint density at radius 3 is 2.68 bits per heavy atom. The first-order valence-electron chi connectivity index (χ1n) is 13.5. The number of hydrogen-bond donors (Lipinski definition) is 2. The molecule has 4 aliphatic heterocycles. The van der Waals surface area contributed by atoms with Gasteiger partial charge in [-0.25, -0.2) is 0 Å². The summed E-state index contributed by atoms with van der Waals surface area (Å²) in [6, 6.07) is 18.0. The molecule has 0 spiro atoms. The summed E-state index contributed by atoms with van der Waals surface area (Å²) in [5.41, 5.74) is 4.01. The van der Waals surface area contributed by atoms with Gasteiger partial charge in [-0.3, -0.25) is 9.69 Å². The molecule has 3 fully saturated rings. The first kappa shape index (κ1) is 24.6. The highest BCUT2D eigenvalue weighted by atomic mass is 32.2. The third kappa shape index (κ3) is 4.98. The highest BCUT2D eigenvalue weighted by Crippen LogP contribution is 2.52. The normalized spacial score (nSPS) is 23.3. The lowest BCUT2D eigenvalue weighted by atomic mass is 10.1. The fourth-order valence-corrected chi connectivity index (χ4v) is 8.28. The van der Waals surface area contributed by atoms with Gasteiger partial charge in [-0.2, -0.15) is 0 Å². The van der Waals surface area contributed by atoms with Crippen molar-refractivity contribution < 1.29 is 9.47 Å². The molecule has 38 heavy (non-hydrogen) atoms. The molecule has 1 aromatic heterocycles. The average Bonchev–Trinajstić information content (AvgIpc) is 3.64. The SMILES string of the molecule is O=c1cc(N2CCOCC2)cc(-c2cccc3c2Sc2ccc(NC4CCN(C5CCOC5)C4)cc2S3)[nH]1. The van der Waals surface area contributed by atoms with Crippen LogP contribution in [0.15, 0.2) is 72.9 Å². The van der Waals surface area contributed by atoms with E-state index in [4.69, 9.17) is 9.47 Å². The molecule has 7 rings (SSSR count). The van der Waals surface area contributed by atoms with E-state index in [9.17, 15) is 4.79 Å². The molecule has 3 saturated heterocycles. The zero-order chi connectivity index (χ0) is 25.5. The highest BCUT2D eigenvalue weighted by Gasteiger charge is 2.30. The van der Waals surface area contributed by atoms with Crippen molar-refractivity contribution in [2.45, 2.75) is 44.5 Å². The fourth-order valence-electron chi connectivity index (χ4n) is 5.86. The Hall–Kier alpha value is -2.43. The quantitative estimate of drug-likeness (QED) is 0.370. The molecule has 0 aliphatic carbocycles. The third-order valence-corrected chi connectivity index (χ3v) is 10.5. The number of fused-ring (bicyclic) bond motifs is 2. The van der Waals surface area contributed by atoms with Gasteiger partial charge in [-0.1, -0.05) is 35.7 Å². The molecule has 9 heteroatoms. The van der Waals surface area contributed by atoms with Crippen LogP contribution < -0.4 is 15.8 Å². The number of ether oxygens (including phenoxy) is 2. The van der Waals surface area contributed by atoms with E-state index in [0.29, 0.717) is 25.3 Å². The molecule has 4 aliphatic rings. The number of aromatic nitrogens is 1. The summed E-state index contributed by atoms with van der Waals surface area (Å²) in [6.07, 6.45) is 2.33. The number of H-pyrrole nitrogens is 1. The topological polar surface area (TPSA) is 69.8 Å². The van der Waals surface area contributed by atoms with Crippen LogP contribution in [-0.4, -0.2) is 74.6 Å². The molecule has 0 amide bonds. The van der Waals surface area contributed by atoms with E-state index in [-0.39, 0.29) is 5.56 Å². The maximum absolute atomic E-state index is 12.6. The van der Waals surface area contributed by atoms with Crippen molar-refractivity contribution in [2.24, 2.45) is 0 Å². The maximum Gasteiger partial charge on any atom is 0.250 e. The number of aromatic amines is 1. The van der Waals surface area contributed by atoms with Gasteiger partial charge in [0.05, 0.1) is 25.5 Å². The molecule has 5 heterocycles. The zero-order valence-electron chi connectivity index (χ0n) is 21.3. The second-order valence-corrected chi connectivity index (χ2v) is 12.5. The van der Waals surface area contributed by atoms with Gasteiger partial charge in [0, 0.05) is 87.5 Å². The molecule has 2 N–H and O–H groups in total. The van der Waals surface area contributed by atoms with Crippen molar-refractivity contribution >= 4 is 34.9 Å². The summed E-state index contributed by atoms with van der Waals surface area (Å²) >= 11 is 3.61. The van der Waals surface area contributed by atoms with Crippen molar-refractivity contribution in [2.75, 3.05) is 62.8 Å². The first-order chi connectivity index (χ1) is 18.7. The Balaban J connectivity index is 1.10. The molecular weight excluding hydrogens is 516 g/mol. The van der Waals surface area contributed by atoms with Crippen molar-refractivity contribution in [3.05, 3.63) is 58.9 Å². The van der Waals surface area contributed by atoms with Crippen LogP contribution in [0.2, 0.25) is 0 Å². The Bertz CT molecular complexity index is 1380. The van der Waals surface area contributed by atoms with E-state index in [0.717, 1.165) is 62.8 Å². The third-order valence-electron chi connectivity index (χ3n) is 7.86. The minimum Gasteiger partial charge on any atom is -0.381 e. The van der Waals surface area contributed by atoms with Crippen LogP contribution in [0.1, 0.15) is 12.8 Å². The monoisotopic (exact) mass is 548 g/mol. The van der Waals surface area contributed by atoms with Crippen molar-refractivity contribution in [1.82, 2.24) is 9.88 Å². The fraction of sp³-hybridized carbons (Fsp3) is 0.414. The van der Waals surface area contributed by atoms with E-state index in [1.807, 2.05) is 11.8 Å². The second-order valence-electron chi connectivity index (χ2n) is 10.4. The Morgan fingerprint density at radius 2 is 1.82 bits per heavy atom. The summed E-state index contributed by atoms with van der Waals surface area (Å²) in [5, 5.41) is 3.79. The molecule has 198 valence electrons. The van der Waals surface area contributed by atoms with Crippen LogP contribution in [-0.2, 0) is 9.47 Å². The van der Waals surface area contributed by atoms with Crippen LogP contribution in [0.3, 0.4) is 0 Å². The van der Waals surface area contributed by atoms with Crippen LogP contribution in [0.5, 0.6) is 0 Å². The summed E-state index contributed by atoms with van der Waals surface area (Å²) in [4.78, 5) is 25.5. The lowest BCUT2D eigenvalue weighted by Crippen LogP contribution is -2.36. The molecule has 2 atom stereocenters. The van der Waals surface area contributed by atoms with Gasteiger partial charge < -0.3 is 24.7 Å². The van der Waals surface area contributed by atoms with E-state index < -0.39 is 0 Å². The van der Waals surface area contributed by atoms with E-state index in [2.05, 4.69) is 62.6 Å². The summed E-state index contributed by atoms with van der Waals surface area (Å²) in [5.74, 6) is 0. The largest absolute Gasteiger partial charge is 0.381 e. The van der Waals surface area contributed by atoms with Crippen LogP contribution in [0.4, 0.5) is 11.4 Å². The molecular formula is C29H32N4O3S2. The molecule has 2 unspecified atom stereocenters. The number of morpholine rings is 1. The average molecular weight is 549 g/mol. The number of likely N-dealkylation sites (tertiary alicyclic amines) is 1. The second kappa shape index (κ2) is 10.6. The number of nitrogens with one attached hydrogen (secondary N) is 2. The minimum atomic E-state index is -0.0721. The predicted molar refractivity (Wildman–Crippen MR) is 153 cm³/mol. The lowest BCUT2D eigenvalue weighted by molar-refractivity contribution is 0.122. The van der Waals surface area contributed by atoms with Crippen LogP contribution in [0, 0.1) is 0 Å². The number of nitrogens with zero attached hydrogens (tertiary/aromatic N) is 2. The van der Waals surface area contributed by atoms with Gasteiger partial charge >= 0.3 is 0 Å². The standard InChI is InChI=1S/C29H32N4O3S2/c34-28-16-22(32-9-12-35-13-10-32)15-24(31-28)23-2-1-3-26-29(23)38-25-5-4-19(14-27(25)37-26)30-20-6-8-33(17-20)21-7-11-36-18-21/h1-5,14-16,20-21,30H,6-13,17-18H2,(H,31,34). The summed E-state index contributed by atoms with van der Waals surface area (Å²) in [6.45, 7) is 7.00. The summed E-state index contributed by atoms with van der Waals surface area (Å²) < 4.78 is 11.1. The first-order valence-corrected chi connectivity index (χ1v) is 15.1. The van der Waals surface area contributed by atoms with E-state index >= 15 is 0 Å². The molecule has 0 saturated carbocycles. The Morgan fingerprint density at radius 1 is 0.895 bits per heavy atom. The number of benzene rings is 2. The van der Waals surface area contributed by atoms with Crippen molar-refractivity contribution in [3.8, 4) is 11.3 Å². The summed E-state index contributed by atoms with van der Waals surface area (Å²) in [7, 11) is 0. The Kier molecular flexibility index (Phi) is 6.87. The lowest BCUT2D eigenvalue weighted by Gasteiger charge is -2.29. The van der Waals surface area contributed by atoms with Gasteiger partial charge in [0.25, 0.3) is 0 Å². The highest BCUT2D eigenvalue weighted by molar-refractivity contribution is 8.05. The number of anilines is 2. The van der Waals surface area contributed by atoms with Crippen LogP contribution in [0.25, 0.3) is 11.3 Å². The number of rotatable bonds is 5. The van der Waals surface area contributed by atoms with Gasteiger partial charge in [-0.15, -0.1) is 0 Å². The van der Waals surface area contributed by atoms with Gasteiger partial charge in [0.15, 0.2) is 0 Å². The number of pyridine rings is 1. The number of hydrogen-bond acceptors (Lipinski definition) is 8. The van der Waals surface area contributed by atoms with E-state index in [1.54, 1.807) is 17.8 Å². The smallest absolute Gasteiger partial charge is 0.250 e. The van der Waals surface area contributed by atoms with Gasteiger partial charge in [0.2, 0.25) is 5.56 Å². The molecule has 3 aromatic rings. The zero-order valence-corrected chi connectivity index (χ0v) is 22.9. The van der Waals surface area contributed by atoms with Gasteiger partial charge in [0.1, 0.15) is 0 Å². The molecule has 7 nitrogen and oxygen atoms in total. The van der Waals surface area contributed by atoms with Crippen LogP contribution >= 0.6 is 23.5 Å². The molecule has 0 bridgehead atoms. The van der Waals surface area contributed by atoms with Gasteiger partial charge in [-0.05, 0) is 43.2 Å². The maximum atomic E-state index is 12.6. The minimum absolute atomic E-state index is 0.0721. The predicted octanol–water partition coefficient (Wildman–Crippen LogP) is 4.77. The van der Waals surface area contributed by atoms with Crippen molar-refractivity contribution in [1.29, 1.82) is 0 Å². The van der Waals surface area contributed by atoms with E-state index in [1.165, 1.54) is 31.7 Å². The van der Waals surface area contributed by atoms with Crippen molar-refractivity contribution in [3.63, 3.8) is 0 Å². The molecule has 2 aromatic carbocycles. The Labute approximate surface area is 231 Å². The molecule has 0 radical (unpaired) electrons.